The minimum absolute atomic E-state index is 0.483. The molecule has 0 aromatic carbocycles. The smallest absolute Gasteiger partial charge is 0.166 e. The quantitative estimate of drug-likeness (QED) is 0.794. The second kappa shape index (κ2) is 7.75. The molecule has 2 atom stereocenters. The molecule has 0 spiro atoms. The largest absolute Gasteiger partial charge is 0.384 e. The second-order valence-corrected chi connectivity index (χ2v) is 7.17. The van der Waals surface area contributed by atoms with Crippen molar-refractivity contribution >= 4 is 22.7 Å². The number of nitrogens with two attached hydrogens (primary N) is 1. The molecule has 2 aromatic rings. The van der Waals surface area contributed by atoms with Gasteiger partial charge in [-0.15, -0.1) is 0 Å². The Labute approximate surface area is 143 Å². The topological polar surface area (TPSA) is 80.0 Å². The monoisotopic (exact) mass is 328 g/mol. The lowest BCUT2D eigenvalue weighted by Gasteiger charge is -2.34. The fourth-order valence-electron chi connectivity index (χ4n) is 3.74. The van der Waals surface area contributed by atoms with Crippen LogP contribution in [0, 0.1) is 11.8 Å². The lowest BCUT2D eigenvalue weighted by Crippen LogP contribution is -2.39. The lowest BCUT2D eigenvalue weighted by molar-refractivity contribution is 0.139. The number of nitrogens with zero attached hydrogens (tertiary/aromatic N) is 4. The molecule has 6 nitrogen and oxygen atoms in total. The van der Waals surface area contributed by atoms with E-state index in [0.717, 1.165) is 36.0 Å². The van der Waals surface area contributed by atoms with Gasteiger partial charge < -0.3 is 16.0 Å². The number of likely N-dealkylation sites (tertiary alicyclic amines) is 1. The van der Waals surface area contributed by atoms with E-state index in [1.54, 1.807) is 6.07 Å². The van der Waals surface area contributed by atoms with Crippen molar-refractivity contribution in [3.63, 3.8) is 0 Å². The molecule has 0 bridgehead atoms. The van der Waals surface area contributed by atoms with Crippen LogP contribution in [0.4, 0.5) is 11.6 Å². The van der Waals surface area contributed by atoms with Crippen molar-refractivity contribution in [1.82, 2.24) is 19.9 Å². The van der Waals surface area contributed by atoms with Crippen LogP contribution in [0.5, 0.6) is 0 Å². The molecule has 0 aliphatic carbocycles. The Hall–Kier alpha value is -1.95. The van der Waals surface area contributed by atoms with Crippen molar-refractivity contribution in [2.45, 2.75) is 33.1 Å². The first-order valence-corrected chi connectivity index (χ1v) is 8.95. The second-order valence-electron chi connectivity index (χ2n) is 7.17. The lowest BCUT2D eigenvalue weighted by atomic mass is 9.92. The Balaban J connectivity index is 1.45. The fourth-order valence-corrected chi connectivity index (χ4v) is 3.74. The van der Waals surface area contributed by atoms with Gasteiger partial charge in [-0.1, -0.05) is 13.8 Å². The fraction of sp³-hybridized carbons (Fsp3) is 0.611. The first-order chi connectivity index (χ1) is 11.6. The molecule has 1 aliphatic rings. The molecule has 1 saturated heterocycles. The van der Waals surface area contributed by atoms with Gasteiger partial charge in [0.25, 0.3) is 0 Å². The van der Waals surface area contributed by atoms with E-state index < -0.39 is 0 Å². The summed E-state index contributed by atoms with van der Waals surface area (Å²) >= 11 is 0. The van der Waals surface area contributed by atoms with Gasteiger partial charge in [-0.3, -0.25) is 0 Å². The molecule has 0 amide bonds. The van der Waals surface area contributed by atoms with Gasteiger partial charge in [0, 0.05) is 19.6 Å². The number of hydrogen-bond donors (Lipinski definition) is 2. The van der Waals surface area contributed by atoms with Crippen molar-refractivity contribution in [1.29, 1.82) is 0 Å². The summed E-state index contributed by atoms with van der Waals surface area (Å²) in [5.41, 5.74) is 6.35. The van der Waals surface area contributed by atoms with Crippen molar-refractivity contribution in [3.05, 3.63) is 18.5 Å². The average Bonchev–Trinajstić information content (AvgIpc) is 2.53. The van der Waals surface area contributed by atoms with E-state index in [4.69, 9.17) is 5.73 Å². The molecule has 3 N–H and O–H groups in total. The van der Waals surface area contributed by atoms with E-state index in [0.29, 0.717) is 11.5 Å². The van der Waals surface area contributed by atoms with Crippen molar-refractivity contribution < 1.29 is 0 Å². The highest BCUT2D eigenvalue weighted by Crippen LogP contribution is 2.21. The van der Waals surface area contributed by atoms with Gasteiger partial charge >= 0.3 is 0 Å². The van der Waals surface area contributed by atoms with Crippen LogP contribution in [-0.4, -0.2) is 46.0 Å². The molecule has 130 valence electrons. The van der Waals surface area contributed by atoms with E-state index in [1.807, 2.05) is 6.07 Å². The van der Waals surface area contributed by atoms with Gasteiger partial charge in [-0.05, 0) is 49.8 Å². The number of fused-ring (bicyclic) bond motifs is 1. The number of nitrogen functional groups attached to an aromatic ring is 1. The summed E-state index contributed by atoms with van der Waals surface area (Å²) in [5.74, 6) is 2.99. The van der Waals surface area contributed by atoms with Crippen LogP contribution >= 0.6 is 0 Å². The Morgan fingerprint density at radius 2 is 1.96 bits per heavy atom. The molecule has 0 saturated carbocycles. The molecule has 2 unspecified atom stereocenters. The SMILES string of the molecule is CC1CC(C)CN(CCCCNc2ncnc3nc(N)ccc23)C1. The van der Waals surface area contributed by atoms with Crippen molar-refractivity contribution in [3.8, 4) is 0 Å². The average molecular weight is 328 g/mol. The third-order valence-corrected chi connectivity index (χ3v) is 4.66. The maximum Gasteiger partial charge on any atom is 0.166 e. The highest BCUT2D eigenvalue weighted by atomic mass is 15.1. The van der Waals surface area contributed by atoms with Crippen LogP contribution in [0.3, 0.4) is 0 Å². The van der Waals surface area contributed by atoms with E-state index in [9.17, 15) is 0 Å². The number of piperidine rings is 1. The Bertz CT molecular complexity index is 664. The predicted molar refractivity (Wildman–Crippen MR) is 98.9 cm³/mol. The summed E-state index contributed by atoms with van der Waals surface area (Å²) in [4.78, 5) is 15.4. The summed E-state index contributed by atoms with van der Waals surface area (Å²) in [6, 6.07) is 3.71. The number of hydrogen-bond acceptors (Lipinski definition) is 6. The summed E-state index contributed by atoms with van der Waals surface area (Å²) in [6.45, 7) is 9.34. The van der Waals surface area contributed by atoms with Crippen molar-refractivity contribution in [2.24, 2.45) is 11.8 Å². The summed E-state index contributed by atoms with van der Waals surface area (Å²) in [5, 5.41) is 4.33. The first-order valence-electron chi connectivity index (χ1n) is 8.95. The first kappa shape index (κ1) is 16.9. The highest BCUT2D eigenvalue weighted by Gasteiger charge is 2.20. The molecule has 3 rings (SSSR count). The number of anilines is 2. The van der Waals surface area contributed by atoms with Crippen LogP contribution in [0.2, 0.25) is 0 Å². The maximum absolute atomic E-state index is 5.71. The number of unbranched alkanes of at least 4 members (excludes halogenated alkanes) is 1. The van der Waals surface area contributed by atoms with Crippen LogP contribution in [-0.2, 0) is 0 Å². The van der Waals surface area contributed by atoms with Gasteiger partial charge in [0.2, 0.25) is 0 Å². The van der Waals surface area contributed by atoms with Gasteiger partial charge in [-0.2, -0.15) is 0 Å². The van der Waals surface area contributed by atoms with E-state index in [1.165, 1.54) is 38.8 Å². The van der Waals surface area contributed by atoms with E-state index in [2.05, 4.69) is 39.0 Å². The summed E-state index contributed by atoms with van der Waals surface area (Å²) < 4.78 is 0. The highest BCUT2D eigenvalue weighted by molar-refractivity contribution is 5.86. The minimum atomic E-state index is 0.483. The van der Waals surface area contributed by atoms with Crippen LogP contribution in [0.15, 0.2) is 18.5 Å². The molecule has 1 aliphatic heterocycles. The molecular weight excluding hydrogens is 300 g/mol. The molecular formula is C18H28N6. The zero-order chi connectivity index (χ0) is 16.9. The van der Waals surface area contributed by atoms with Gasteiger partial charge in [0.15, 0.2) is 5.65 Å². The molecule has 3 heterocycles. The number of rotatable bonds is 6. The van der Waals surface area contributed by atoms with Crippen LogP contribution in [0.1, 0.15) is 33.1 Å². The van der Waals surface area contributed by atoms with Gasteiger partial charge in [0.05, 0.1) is 5.39 Å². The third-order valence-electron chi connectivity index (χ3n) is 4.66. The molecule has 24 heavy (non-hydrogen) atoms. The third kappa shape index (κ3) is 4.32. The van der Waals surface area contributed by atoms with Crippen molar-refractivity contribution in [2.75, 3.05) is 37.2 Å². The normalized spacial score (nSPS) is 21.9. The minimum Gasteiger partial charge on any atom is -0.384 e. The Kier molecular flexibility index (Phi) is 5.45. The molecule has 2 aromatic heterocycles. The molecule has 1 fully saturated rings. The zero-order valence-corrected chi connectivity index (χ0v) is 14.7. The maximum atomic E-state index is 5.71. The molecule has 0 radical (unpaired) electrons. The number of aromatic nitrogens is 3. The predicted octanol–water partition coefficient (Wildman–Crippen LogP) is 2.78. The van der Waals surface area contributed by atoms with Crippen LogP contribution in [0.25, 0.3) is 11.0 Å². The standard InChI is InChI=1S/C18H28N6/c1-13-9-14(2)11-24(10-13)8-4-3-7-20-17-15-5-6-16(19)23-18(15)22-12-21-17/h5-6,12-14H,3-4,7-11H2,1-2H3,(H3,19,20,21,22,23). The van der Waals surface area contributed by atoms with Crippen LogP contribution < -0.4 is 11.1 Å². The summed E-state index contributed by atoms with van der Waals surface area (Å²) in [6.07, 6.45) is 5.25. The number of pyridine rings is 1. The molecule has 6 heteroatoms. The van der Waals surface area contributed by atoms with Gasteiger partial charge in [-0.25, -0.2) is 15.0 Å². The zero-order valence-electron chi connectivity index (χ0n) is 14.7. The van der Waals surface area contributed by atoms with E-state index in [-0.39, 0.29) is 0 Å². The van der Waals surface area contributed by atoms with E-state index >= 15 is 0 Å². The van der Waals surface area contributed by atoms with Gasteiger partial charge in [0.1, 0.15) is 18.0 Å². The Morgan fingerprint density at radius 1 is 1.17 bits per heavy atom. The summed E-state index contributed by atoms with van der Waals surface area (Å²) in [7, 11) is 0. The Morgan fingerprint density at radius 3 is 2.75 bits per heavy atom. The number of nitrogens with one attached hydrogen (secondary N) is 1.